The molecule has 144 valence electrons. The summed E-state index contributed by atoms with van der Waals surface area (Å²) >= 11 is 1.56. The second-order valence-electron chi connectivity index (χ2n) is 5.86. The van der Waals surface area contributed by atoms with Gasteiger partial charge in [-0.25, -0.2) is 0 Å². The van der Waals surface area contributed by atoms with E-state index >= 15 is 0 Å². The molecule has 1 heterocycles. The van der Waals surface area contributed by atoms with Crippen LogP contribution in [0.5, 0.6) is 23.0 Å². The van der Waals surface area contributed by atoms with Crippen LogP contribution in [0.2, 0.25) is 0 Å². The van der Waals surface area contributed by atoms with Gasteiger partial charge in [0.05, 0.1) is 33.6 Å². The first-order valence-electron chi connectivity index (χ1n) is 8.56. The predicted octanol–water partition coefficient (Wildman–Crippen LogP) is 3.37. The Morgan fingerprint density at radius 2 is 1.67 bits per heavy atom. The fourth-order valence-corrected chi connectivity index (χ4v) is 4.21. The van der Waals surface area contributed by atoms with Crippen molar-refractivity contribution in [1.82, 2.24) is 4.90 Å². The molecule has 7 heteroatoms. The molecule has 27 heavy (non-hydrogen) atoms. The van der Waals surface area contributed by atoms with Crippen molar-refractivity contribution in [2.24, 2.45) is 0 Å². The molecule has 2 aromatic rings. The van der Waals surface area contributed by atoms with Crippen LogP contribution in [0.25, 0.3) is 0 Å². The maximum absolute atomic E-state index is 12.4. The molecule has 0 spiro atoms. The first-order chi connectivity index (χ1) is 13.2. The van der Waals surface area contributed by atoms with E-state index in [1.165, 1.54) is 0 Å². The van der Waals surface area contributed by atoms with Gasteiger partial charge in [-0.05, 0) is 18.2 Å². The Balaban J connectivity index is 1.79. The number of hydrogen-bond acceptors (Lipinski definition) is 6. The Labute approximate surface area is 163 Å². The minimum Gasteiger partial charge on any atom is -0.496 e. The molecule has 2 aromatic carbocycles. The van der Waals surface area contributed by atoms with Crippen molar-refractivity contribution in [1.29, 1.82) is 0 Å². The van der Waals surface area contributed by atoms with Crippen molar-refractivity contribution in [3.05, 3.63) is 48.0 Å². The van der Waals surface area contributed by atoms with E-state index in [1.807, 2.05) is 41.3 Å². The fraction of sp³-hybridized carbons (Fsp3) is 0.350. The van der Waals surface area contributed by atoms with E-state index in [0.29, 0.717) is 36.2 Å². The third kappa shape index (κ3) is 4.24. The Bertz CT molecular complexity index is 783. The quantitative estimate of drug-likeness (QED) is 0.690. The van der Waals surface area contributed by atoms with E-state index in [1.54, 1.807) is 39.2 Å². The number of ether oxygens (including phenoxy) is 4. The number of benzene rings is 2. The maximum atomic E-state index is 12.4. The molecule has 1 atom stereocenters. The first kappa shape index (κ1) is 19.2. The molecule has 1 amide bonds. The van der Waals surface area contributed by atoms with E-state index in [0.717, 1.165) is 11.3 Å². The number of amides is 1. The molecule has 6 nitrogen and oxygen atoms in total. The van der Waals surface area contributed by atoms with Crippen LogP contribution < -0.4 is 18.9 Å². The van der Waals surface area contributed by atoms with Gasteiger partial charge in [0.25, 0.3) is 0 Å². The fourth-order valence-electron chi connectivity index (χ4n) is 2.98. The minimum atomic E-state index is -0.161. The van der Waals surface area contributed by atoms with Gasteiger partial charge in [0.1, 0.15) is 23.5 Å². The zero-order valence-electron chi connectivity index (χ0n) is 15.6. The molecule has 0 bridgehead atoms. The average Bonchev–Trinajstić information content (AvgIpc) is 3.08. The maximum Gasteiger partial charge on any atom is 0.233 e. The van der Waals surface area contributed by atoms with E-state index < -0.39 is 0 Å². The molecule has 0 radical (unpaired) electrons. The lowest BCUT2D eigenvalue weighted by atomic mass is 10.1. The molecule has 1 fully saturated rings. The summed E-state index contributed by atoms with van der Waals surface area (Å²) in [7, 11) is 4.78. The van der Waals surface area contributed by atoms with Crippen LogP contribution in [-0.4, -0.2) is 51.0 Å². The molecule has 0 aliphatic carbocycles. The lowest BCUT2D eigenvalue weighted by molar-refractivity contribution is -0.128. The molecule has 0 N–H and O–H groups in total. The molecule has 1 saturated heterocycles. The molecule has 0 saturated carbocycles. The van der Waals surface area contributed by atoms with Crippen LogP contribution in [-0.2, 0) is 4.79 Å². The number of hydrogen-bond donors (Lipinski definition) is 0. The Morgan fingerprint density at radius 1 is 1.00 bits per heavy atom. The number of rotatable bonds is 8. The van der Waals surface area contributed by atoms with Crippen LogP contribution >= 0.6 is 11.8 Å². The minimum absolute atomic E-state index is 0.0819. The lowest BCUT2D eigenvalue weighted by Crippen LogP contribution is -2.32. The van der Waals surface area contributed by atoms with Crippen molar-refractivity contribution in [3.63, 3.8) is 0 Å². The highest BCUT2D eigenvalue weighted by atomic mass is 32.2. The molecule has 3 rings (SSSR count). The van der Waals surface area contributed by atoms with E-state index in [9.17, 15) is 4.79 Å². The SMILES string of the molecule is COc1cc(OC)c(C2SCC(=O)N2CCOc2ccccc2)cc1OC. The Kier molecular flexibility index (Phi) is 6.34. The Morgan fingerprint density at radius 3 is 2.33 bits per heavy atom. The zero-order valence-corrected chi connectivity index (χ0v) is 16.5. The van der Waals surface area contributed by atoms with Gasteiger partial charge in [0.15, 0.2) is 11.5 Å². The summed E-state index contributed by atoms with van der Waals surface area (Å²) in [6.45, 7) is 0.908. The van der Waals surface area contributed by atoms with Gasteiger partial charge in [-0.2, -0.15) is 0 Å². The van der Waals surface area contributed by atoms with Gasteiger partial charge in [-0.15, -0.1) is 11.8 Å². The van der Waals surface area contributed by atoms with Crippen LogP contribution in [0.15, 0.2) is 42.5 Å². The average molecular weight is 389 g/mol. The summed E-state index contributed by atoms with van der Waals surface area (Å²) in [6, 6.07) is 13.2. The number of para-hydroxylation sites is 1. The van der Waals surface area contributed by atoms with Gasteiger partial charge in [0.2, 0.25) is 5.91 Å². The topological polar surface area (TPSA) is 57.2 Å². The molecule has 0 aromatic heterocycles. The summed E-state index contributed by atoms with van der Waals surface area (Å²) in [5, 5.41) is -0.161. The molecular weight excluding hydrogens is 366 g/mol. The Hall–Kier alpha value is -2.54. The molecule has 1 aliphatic rings. The summed E-state index contributed by atoms with van der Waals surface area (Å²) < 4.78 is 22.1. The third-order valence-electron chi connectivity index (χ3n) is 4.31. The summed E-state index contributed by atoms with van der Waals surface area (Å²) in [4.78, 5) is 14.2. The predicted molar refractivity (Wildman–Crippen MR) is 105 cm³/mol. The highest BCUT2D eigenvalue weighted by Gasteiger charge is 2.35. The number of carbonyl (C=O) groups excluding carboxylic acids is 1. The molecular formula is C20H23NO5S. The number of carbonyl (C=O) groups is 1. The summed E-state index contributed by atoms with van der Waals surface area (Å²) in [5.74, 6) is 3.15. The van der Waals surface area contributed by atoms with Crippen molar-refractivity contribution >= 4 is 17.7 Å². The first-order valence-corrected chi connectivity index (χ1v) is 9.61. The van der Waals surface area contributed by atoms with E-state index in [-0.39, 0.29) is 11.3 Å². The number of thioether (sulfide) groups is 1. The van der Waals surface area contributed by atoms with E-state index in [4.69, 9.17) is 18.9 Å². The van der Waals surface area contributed by atoms with Crippen molar-refractivity contribution in [3.8, 4) is 23.0 Å². The lowest BCUT2D eigenvalue weighted by Gasteiger charge is -2.26. The third-order valence-corrected chi connectivity index (χ3v) is 5.55. The van der Waals surface area contributed by atoms with Gasteiger partial charge >= 0.3 is 0 Å². The number of methoxy groups -OCH3 is 3. The molecule has 1 unspecified atom stereocenters. The van der Waals surface area contributed by atoms with Gasteiger partial charge in [0, 0.05) is 11.6 Å². The highest BCUT2D eigenvalue weighted by Crippen LogP contribution is 2.46. The zero-order chi connectivity index (χ0) is 19.2. The standard InChI is InChI=1S/C20H23NO5S/c1-23-16-12-18(25-3)17(24-2)11-15(16)20-21(19(22)13-27-20)9-10-26-14-7-5-4-6-8-14/h4-8,11-12,20H,9-10,13H2,1-3H3. The second-order valence-corrected chi connectivity index (χ2v) is 6.93. The van der Waals surface area contributed by atoms with Crippen molar-refractivity contribution < 1.29 is 23.7 Å². The van der Waals surface area contributed by atoms with Gasteiger partial charge in [-0.1, -0.05) is 18.2 Å². The van der Waals surface area contributed by atoms with Crippen LogP contribution in [0.4, 0.5) is 0 Å². The number of nitrogens with zero attached hydrogens (tertiary/aromatic N) is 1. The second kappa shape index (κ2) is 8.90. The van der Waals surface area contributed by atoms with Crippen LogP contribution in [0, 0.1) is 0 Å². The van der Waals surface area contributed by atoms with Crippen LogP contribution in [0.1, 0.15) is 10.9 Å². The molecule has 1 aliphatic heterocycles. The smallest absolute Gasteiger partial charge is 0.233 e. The normalized spacial score (nSPS) is 16.3. The monoisotopic (exact) mass is 389 g/mol. The van der Waals surface area contributed by atoms with Crippen LogP contribution in [0.3, 0.4) is 0 Å². The van der Waals surface area contributed by atoms with Gasteiger partial charge < -0.3 is 23.8 Å². The van der Waals surface area contributed by atoms with E-state index in [2.05, 4.69) is 0 Å². The summed E-state index contributed by atoms with van der Waals surface area (Å²) in [5.41, 5.74) is 0.880. The highest BCUT2D eigenvalue weighted by molar-refractivity contribution is 8.00. The van der Waals surface area contributed by atoms with Crippen molar-refractivity contribution in [2.75, 3.05) is 40.2 Å². The van der Waals surface area contributed by atoms with Gasteiger partial charge in [-0.3, -0.25) is 4.79 Å². The summed E-state index contributed by atoms with van der Waals surface area (Å²) in [6.07, 6.45) is 0. The largest absolute Gasteiger partial charge is 0.496 e. The van der Waals surface area contributed by atoms with Crippen molar-refractivity contribution in [2.45, 2.75) is 5.37 Å².